The van der Waals surface area contributed by atoms with E-state index in [0.717, 1.165) is 5.56 Å². The summed E-state index contributed by atoms with van der Waals surface area (Å²) in [5.74, 6) is -0.249. The van der Waals surface area contributed by atoms with Gasteiger partial charge in [0.1, 0.15) is 5.75 Å². The average molecular weight is 345 g/mol. The van der Waals surface area contributed by atoms with Gasteiger partial charge in [-0.2, -0.15) is 5.10 Å². The van der Waals surface area contributed by atoms with Gasteiger partial charge in [-0.1, -0.05) is 44.5 Å². The van der Waals surface area contributed by atoms with Crippen molar-refractivity contribution in [3.8, 4) is 5.75 Å². The standard InChI is InChI=1S/C19H21ClN2O2/c1-12(16-11-15(20)9-10-17(16)23)21-22-18(24)13-5-7-14(8-6-13)19(2,3)4/h5-11,23H,1-4H3,(H,22,24)/b21-12-. The lowest BCUT2D eigenvalue weighted by Gasteiger charge is -2.18. The van der Waals surface area contributed by atoms with Gasteiger partial charge in [0.05, 0.1) is 5.71 Å². The molecular formula is C19H21ClN2O2. The average Bonchev–Trinajstić information content (AvgIpc) is 2.53. The third-order valence-electron chi connectivity index (χ3n) is 3.69. The number of nitrogens with zero attached hydrogens (tertiary/aromatic N) is 1. The lowest BCUT2D eigenvalue weighted by atomic mass is 9.87. The Labute approximate surface area is 147 Å². The summed E-state index contributed by atoms with van der Waals surface area (Å²) in [6, 6.07) is 12.1. The van der Waals surface area contributed by atoms with Crippen LogP contribution in [0.1, 0.15) is 49.2 Å². The van der Waals surface area contributed by atoms with Gasteiger partial charge in [0.15, 0.2) is 0 Å². The van der Waals surface area contributed by atoms with Crippen LogP contribution in [0, 0.1) is 0 Å². The number of amides is 1. The molecule has 5 heteroatoms. The lowest BCUT2D eigenvalue weighted by Crippen LogP contribution is -2.20. The molecule has 126 valence electrons. The minimum atomic E-state index is -0.309. The summed E-state index contributed by atoms with van der Waals surface area (Å²) in [7, 11) is 0. The van der Waals surface area contributed by atoms with Gasteiger partial charge >= 0.3 is 0 Å². The molecule has 0 aliphatic rings. The topological polar surface area (TPSA) is 61.7 Å². The number of carbonyl (C=O) groups excluding carboxylic acids is 1. The van der Waals surface area contributed by atoms with E-state index in [9.17, 15) is 9.90 Å². The van der Waals surface area contributed by atoms with Crippen molar-refractivity contribution in [3.05, 3.63) is 64.2 Å². The largest absolute Gasteiger partial charge is 0.507 e. The minimum absolute atomic E-state index is 0.0356. The maximum absolute atomic E-state index is 12.2. The molecule has 0 bridgehead atoms. The molecule has 4 nitrogen and oxygen atoms in total. The summed E-state index contributed by atoms with van der Waals surface area (Å²) in [5.41, 5.74) is 5.16. The highest BCUT2D eigenvalue weighted by Gasteiger charge is 2.14. The molecule has 0 saturated carbocycles. The zero-order chi connectivity index (χ0) is 17.9. The molecule has 0 saturated heterocycles. The minimum Gasteiger partial charge on any atom is -0.507 e. The molecule has 0 atom stereocenters. The smallest absolute Gasteiger partial charge is 0.271 e. The number of hydrazone groups is 1. The Kier molecular flexibility index (Phi) is 5.30. The number of nitrogens with one attached hydrogen (secondary N) is 1. The van der Waals surface area contributed by atoms with Crippen LogP contribution in [0.25, 0.3) is 0 Å². The van der Waals surface area contributed by atoms with Gasteiger partial charge in [0.2, 0.25) is 0 Å². The SMILES string of the molecule is C/C(=N/NC(=O)c1ccc(C(C)(C)C)cc1)c1cc(Cl)ccc1O. The van der Waals surface area contributed by atoms with Gasteiger partial charge in [0, 0.05) is 16.1 Å². The molecular weight excluding hydrogens is 324 g/mol. The van der Waals surface area contributed by atoms with E-state index in [1.165, 1.54) is 6.07 Å². The van der Waals surface area contributed by atoms with Gasteiger partial charge in [-0.25, -0.2) is 5.43 Å². The number of rotatable bonds is 3. The molecule has 0 fully saturated rings. The predicted molar refractivity (Wildman–Crippen MR) is 97.9 cm³/mol. The summed E-state index contributed by atoms with van der Waals surface area (Å²) in [6.45, 7) is 8.04. The molecule has 0 radical (unpaired) electrons. The molecule has 0 aliphatic carbocycles. The van der Waals surface area contributed by atoms with Gasteiger partial charge in [-0.3, -0.25) is 4.79 Å². The molecule has 2 rings (SSSR count). The van der Waals surface area contributed by atoms with E-state index in [1.807, 2.05) is 12.1 Å². The van der Waals surface area contributed by atoms with Gasteiger partial charge in [-0.05, 0) is 48.2 Å². The van der Waals surface area contributed by atoms with Crippen LogP contribution in [-0.4, -0.2) is 16.7 Å². The number of benzene rings is 2. The highest BCUT2D eigenvalue weighted by Crippen LogP contribution is 2.23. The molecule has 1 amide bonds. The van der Waals surface area contributed by atoms with Crippen LogP contribution < -0.4 is 5.43 Å². The van der Waals surface area contributed by atoms with Crippen molar-refractivity contribution in [3.63, 3.8) is 0 Å². The molecule has 0 unspecified atom stereocenters. The molecule has 2 N–H and O–H groups in total. The second kappa shape index (κ2) is 7.05. The Bertz CT molecular complexity index is 775. The Morgan fingerprint density at radius 2 is 1.75 bits per heavy atom. The normalized spacial score (nSPS) is 12.1. The first-order chi connectivity index (χ1) is 11.2. The van der Waals surface area contributed by atoms with Crippen molar-refractivity contribution in [2.45, 2.75) is 33.1 Å². The van der Waals surface area contributed by atoms with Crippen LogP contribution in [0.2, 0.25) is 5.02 Å². The van der Waals surface area contributed by atoms with Gasteiger partial charge < -0.3 is 5.11 Å². The maximum atomic E-state index is 12.2. The Morgan fingerprint density at radius 1 is 1.12 bits per heavy atom. The lowest BCUT2D eigenvalue weighted by molar-refractivity contribution is 0.0954. The van der Waals surface area contributed by atoms with E-state index in [4.69, 9.17) is 11.6 Å². The van der Waals surface area contributed by atoms with E-state index in [2.05, 4.69) is 31.3 Å². The van der Waals surface area contributed by atoms with Crippen LogP contribution in [0.5, 0.6) is 5.75 Å². The number of aromatic hydroxyl groups is 1. The molecule has 2 aromatic rings. The quantitative estimate of drug-likeness (QED) is 0.636. The molecule has 24 heavy (non-hydrogen) atoms. The Balaban J connectivity index is 2.13. The molecule has 2 aromatic carbocycles. The second-order valence-electron chi connectivity index (χ2n) is 6.63. The first kappa shape index (κ1) is 18.0. The Morgan fingerprint density at radius 3 is 2.33 bits per heavy atom. The molecule has 0 aromatic heterocycles. The van der Waals surface area contributed by atoms with Crippen molar-refractivity contribution in [1.82, 2.24) is 5.43 Å². The van der Waals surface area contributed by atoms with Gasteiger partial charge in [-0.15, -0.1) is 0 Å². The Hall–Kier alpha value is -2.33. The van der Waals surface area contributed by atoms with E-state index < -0.39 is 0 Å². The highest BCUT2D eigenvalue weighted by molar-refractivity contribution is 6.31. The van der Waals surface area contributed by atoms with E-state index >= 15 is 0 Å². The van der Waals surface area contributed by atoms with Crippen LogP contribution >= 0.6 is 11.6 Å². The first-order valence-corrected chi connectivity index (χ1v) is 8.00. The molecule has 0 heterocycles. The van der Waals surface area contributed by atoms with Crippen molar-refractivity contribution in [1.29, 1.82) is 0 Å². The summed E-state index contributed by atoms with van der Waals surface area (Å²) >= 11 is 5.92. The van der Waals surface area contributed by atoms with Crippen molar-refractivity contribution in [2.75, 3.05) is 0 Å². The highest BCUT2D eigenvalue weighted by atomic mass is 35.5. The first-order valence-electron chi connectivity index (χ1n) is 7.62. The molecule has 0 aliphatic heterocycles. The van der Waals surface area contributed by atoms with Gasteiger partial charge in [0.25, 0.3) is 5.91 Å². The third kappa shape index (κ3) is 4.36. The fourth-order valence-corrected chi connectivity index (χ4v) is 2.35. The van der Waals surface area contributed by atoms with E-state index in [1.54, 1.807) is 31.2 Å². The number of phenolic OH excluding ortho intramolecular Hbond substituents is 1. The monoisotopic (exact) mass is 344 g/mol. The van der Waals surface area contributed by atoms with Crippen molar-refractivity contribution in [2.24, 2.45) is 5.10 Å². The van der Waals surface area contributed by atoms with E-state index in [-0.39, 0.29) is 17.1 Å². The predicted octanol–water partition coefficient (Wildman–Crippen LogP) is 4.50. The summed E-state index contributed by atoms with van der Waals surface area (Å²) < 4.78 is 0. The summed E-state index contributed by atoms with van der Waals surface area (Å²) in [6.07, 6.45) is 0. The number of hydrogen-bond donors (Lipinski definition) is 2. The summed E-state index contributed by atoms with van der Waals surface area (Å²) in [4.78, 5) is 12.2. The van der Waals surface area contributed by atoms with Crippen molar-refractivity contribution >= 4 is 23.2 Å². The zero-order valence-corrected chi connectivity index (χ0v) is 15.0. The molecule has 0 spiro atoms. The van der Waals surface area contributed by atoms with Crippen LogP contribution in [-0.2, 0) is 5.41 Å². The summed E-state index contributed by atoms with van der Waals surface area (Å²) in [5, 5.41) is 14.4. The third-order valence-corrected chi connectivity index (χ3v) is 3.92. The number of hydrogen-bond acceptors (Lipinski definition) is 3. The fraction of sp³-hybridized carbons (Fsp3) is 0.263. The fourth-order valence-electron chi connectivity index (χ4n) is 2.18. The second-order valence-corrected chi connectivity index (χ2v) is 7.06. The zero-order valence-electron chi connectivity index (χ0n) is 14.2. The number of carbonyl (C=O) groups is 1. The number of phenols is 1. The maximum Gasteiger partial charge on any atom is 0.271 e. The van der Waals surface area contributed by atoms with Crippen LogP contribution in [0.3, 0.4) is 0 Å². The van der Waals surface area contributed by atoms with Crippen molar-refractivity contribution < 1.29 is 9.90 Å². The number of halogens is 1. The van der Waals surface area contributed by atoms with Crippen LogP contribution in [0.4, 0.5) is 0 Å². The van der Waals surface area contributed by atoms with E-state index in [0.29, 0.717) is 21.9 Å². The van der Waals surface area contributed by atoms with Crippen LogP contribution in [0.15, 0.2) is 47.6 Å².